The average molecular weight is 397 g/mol. The third-order valence-corrected chi connectivity index (χ3v) is 4.72. The Morgan fingerprint density at radius 1 is 1.08 bits per heavy atom. The van der Waals surface area contributed by atoms with Crippen molar-refractivity contribution in [2.45, 2.75) is 19.8 Å². The van der Waals surface area contributed by atoms with Crippen LogP contribution in [0.4, 0.5) is 0 Å². The number of aryl methyl sites for hydroxylation is 1. The van der Waals surface area contributed by atoms with Crippen LogP contribution < -0.4 is 5.56 Å². The number of carbonyl (C=O) groups excluding carboxylic acids is 1. The van der Waals surface area contributed by atoms with Crippen LogP contribution >= 0.6 is 15.9 Å². The number of hydrogen-bond donors (Lipinski definition) is 1. The number of aromatic amines is 1. The molecule has 0 radical (unpaired) electrons. The molecule has 3 aromatic rings. The van der Waals surface area contributed by atoms with Crippen molar-refractivity contribution in [2.75, 3.05) is 0 Å². The van der Waals surface area contributed by atoms with Crippen LogP contribution in [0.15, 0.2) is 63.9 Å². The molecule has 0 aliphatic carbocycles. The molecule has 0 unspecified atom stereocenters. The number of hydrogen-bond acceptors (Lipinski definition) is 3. The van der Waals surface area contributed by atoms with Crippen LogP contribution in [0.3, 0.4) is 0 Å². The zero-order chi connectivity index (χ0) is 17.8. The number of ketones is 1. The second-order valence-electron chi connectivity index (χ2n) is 5.83. The number of H-pyrrole nitrogens is 1. The number of carbonyl (C=O) groups is 1. The SMILES string of the molecule is Cc1c(CCC(=O)c2ccc(=O)[nH]n2)cccc1-c1ccc(Br)cc1. The highest BCUT2D eigenvalue weighted by Gasteiger charge is 2.11. The Labute approximate surface area is 154 Å². The van der Waals surface area contributed by atoms with E-state index >= 15 is 0 Å². The van der Waals surface area contributed by atoms with E-state index in [-0.39, 0.29) is 11.3 Å². The number of Topliss-reactive ketones (excluding diaryl/α,β-unsaturated/α-hetero) is 1. The van der Waals surface area contributed by atoms with Gasteiger partial charge in [0.15, 0.2) is 5.78 Å². The molecule has 0 saturated carbocycles. The van der Waals surface area contributed by atoms with Gasteiger partial charge in [-0.05, 0) is 53.8 Å². The number of benzene rings is 2. The van der Waals surface area contributed by atoms with Crippen molar-refractivity contribution in [3.8, 4) is 11.1 Å². The van der Waals surface area contributed by atoms with Crippen LogP contribution in [-0.2, 0) is 6.42 Å². The summed E-state index contributed by atoms with van der Waals surface area (Å²) in [5, 5.41) is 6.09. The van der Waals surface area contributed by atoms with Gasteiger partial charge in [0.25, 0.3) is 5.56 Å². The maximum atomic E-state index is 12.2. The van der Waals surface area contributed by atoms with Crippen LogP contribution in [0.5, 0.6) is 0 Å². The summed E-state index contributed by atoms with van der Waals surface area (Å²) in [5.41, 5.74) is 4.61. The number of halogens is 1. The van der Waals surface area contributed by atoms with Crippen LogP contribution in [0.2, 0.25) is 0 Å². The largest absolute Gasteiger partial charge is 0.292 e. The first-order valence-electron chi connectivity index (χ1n) is 7.98. The van der Waals surface area contributed by atoms with E-state index in [1.165, 1.54) is 23.3 Å². The summed E-state index contributed by atoms with van der Waals surface area (Å²) in [6.45, 7) is 2.08. The zero-order valence-corrected chi connectivity index (χ0v) is 15.3. The molecule has 1 heterocycles. The second-order valence-corrected chi connectivity index (χ2v) is 6.74. The van der Waals surface area contributed by atoms with Gasteiger partial charge in [-0.2, -0.15) is 5.10 Å². The normalized spacial score (nSPS) is 10.6. The molecule has 5 heteroatoms. The summed E-state index contributed by atoms with van der Waals surface area (Å²) in [5.74, 6) is -0.0790. The summed E-state index contributed by atoms with van der Waals surface area (Å²) in [6, 6.07) is 17.1. The maximum Gasteiger partial charge on any atom is 0.264 e. The Morgan fingerprint density at radius 3 is 2.52 bits per heavy atom. The fraction of sp³-hybridized carbons (Fsp3) is 0.150. The van der Waals surface area contributed by atoms with Gasteiger partial charge in [0.05, 0.1) is 0 Å². The minimum absolute atomic E-state index is 0.0790. The third kappa shape index (κ3) is 4.12. The number of rotatable bonds is 5. The van der Waals surface area contributed by atoms with Crippen LogP contribution in [0.25, 0.3) is 11.1 Å². The minimum atomic E-state index is -0.311. The van der Waals surface area contributed by atoms with E-state index in [1.807, 2.05) is 24.3 Å². The van der Waals surface area contributed by atoms with Gasteiger partial charge < -0.3 is 0 Å². The molecular formula is C20H17BrN2O2. The van der Waals surface area contributed by atoms with Gasteiger partial charge in [-0.1, -0.05) is 46.3 Å². The lowest BCUT2D eigenvalue weighted by atomic mass is 9.93. The molecule has 0 saturated heterocycles. The van der Waals surface area contributed by atoms with Crippen molar-refractivity contribution >= 4 is 21.7 Å². The molecule has 0 atom stereocenters. The fourth-order valence-corrected chi connectivity index (χ4v) is 3.04. The van der Waals surface area contributed by atoms with E-state index in [9.17, 15) is 9.59 Å². The Hall–Kier alpha value is -2.53. The number of aromatic nitrogens is 2. The standard InChI is InChI=1S/C20H17BrN2O2/c1-13-14(7-11-19(24)18-10-12-20(25)23-22-18)3-2-4-17(13)15-5-8-16(21)9-6-15/h2-6,8-10,12H,7,11H2,1H3,(H,23,25). The molecule has 0 aliphatic rings. The second kappa shape index (κ2) is 7.57. The van der Waals surface area contributed by atoms with Crippen LogP contribution in [0, 0.1) is 6.92 Å². The topological polar surface area (TPSA) is 62.8 Å². The number of nitrogens with zero attached hydrogens (tertiary/aromatic N) is 1. The summed E-state index contributed by atoms with van der Waals surface area (Å²) >= 11 is 3.45. The Kier molecular flexibility index (Phi) is 5.24. The summed E-state index contributed by atoms with van der Waals surface area (Å²) in [6.07, 6.45) is 0.986. The molecule has 4 nitrogen and oxygen atoms in total. The highest BCUT2D eigenvalue weighted by Crippen LogP contribution is 2.27. The molecule has 2 aromatic carbocycles. The van der Waals surface area contributed by atoms with Gasteiger partial charge in [0.1, 0.15) is 5.69 Å². The monoisotopic (exact) mass is 396 g/mol. The Morgan fingerprint density at radius 2 is 1.84 bits per heavy atom. The molecule has 0 aliphatic heterocycles. The molecule has 0 spiro atoms. The van der Waals surface area contributed by atoms with E-state index in [1.54, 1.807) is 0 Å². The van der Waals surface area contributed by atoms with Gasteiger partial charge in [-0.25, -0.2) is 5.10 Å². The predicted octanol–water partition coefficient (Wildman–Crippen LogP) is 4.32. The molecule has 0 amide bonds. The van der Waals surface area contributed by atoms with Gasteiger partial charge in [0, 0.05) is 17.0 Å². The molecule has 0 bridgehead atoms. The maximum absolute atomic E-state index is 12.2. The highest BCUT2D eigenvalue weighted by atomic mass is 79.9. The first kappa shape index (κ1) is 17.3. The van der Waals surface area contributed by atoms with Crippen LogP contribution in [-0.4, -0.2) is 16.0 Å². The van der Waals surface area contributed by atoms with Crippen LogP contribution in [0.1, 0.15) is 28.0 Å². The van der Waals surface area contributed by atoms with Crippen molar-refractivity contribution in [3.63, 3.8) is 0 Å². The van der Waals surface area contributed by atoms with Gasteiger partial charge in [-0.15, -0.1) is 0 Å². The van der Waals surface area contributed by atoms with E-state index in [0.717, 1.165) is 15.6 Å². The lowest BCUT2D eigenvalue weighted by molar-refractivity contribution is 0.0977. The van der Waals surface area contributed by atoms with Crippen molar-refractivity contribution in [3.05, 3.63) is 86.2 Å². The number of nitrogens with one attached hydrogen (secondary N) is 1. The van der Waals surface area contributed by atoms with Gasteiger partial charge in [0.2, 0.25) is 0 Å². The quantitative estimate of drug-likeness (QED) is 0.653. The van der Waals surface area contributed by atoms with E-state index in [0.29, 0.717) is 18.5 Å². The average Bonchev–Trinajstić information content (AvgIpc) is 2.62. The zero-order valence-electron chi connectivity index (χ0n) is 13.8. The van der Waals surface area contributed by atoms with Crippen molar-refractivity contribution in [1.82, 2.24) is 10.2 Å². The van der Waals surface area contributed by atoms with Crippen molar-refractivity contribution < 1.29 is 4.79 Å². The van der Waals surface area contributed by atoms with Crippen molar-refractivity contribution in [1.29, 1.82) is 0 Å². The Bertz CT molecular complexity index is 942. The molecule has 0 fully saturated rings. The molecule has 25 heavy (non-hydrogen) atoms. The summed E-state index contributed by atoms with van der Waals surface area (Å²) in [4.78, 5) is 23.3. The van der Waals surface area contributed by atoms with E-state index in [4.69, 9.17) is 0 Å². The summed E-state index contributed by atoms with van der Waals surface area (Å²) in [7, 11) is 0. The molecule has 1 aromatic heterocycles. The highest BCUT2D eigenvalue weighted by molar-refractivity contribution is 9.10. The minimum Gasteiger partial charge on any atom is -0.292 e. The molecule has 1 N–H and O–H groups in total. The van der Waals surface area contributed by atoms with Crippen molar-refractivity contribution in [2.24, 2.45) is 0 Å². The lowest BCUT2D eigenvalue weighted by Crippen LogP contribution is -2.12. The molecule has 3 rings (SSSR count). The Balaban J connectivity index is 1.78. The van der Waals surface area contributed by atoms with Gasteiger partial charge in [-0.3, -0.25) is 9.59 Å². The summed E-state index contributed by atoms with van der Waals surface area (Å²) < 4.78 is 1.05. The first-order valence-corrected chi connectivity index (χ1v) is 8.77. The molecular weight excluding hydrogens is 380 g/mol. The predicted molar refractivity (Wildman–Crippen MR) is 102 cm³/mol. The third-order valence-electron chi connectivity index (χ3n) is 4.19. The fourth-order valence-electron chi connectivity index (χ4n) is 2.77. The van der Waals surface area contributed by atoms with Gasteiger partial charge >= 0.3 is 0 Å². The first-order chi connectivity index (χ1) is 12.0. The lowest BCUT2D eigenvalue weighted by Gasteiger charge is -2.11. The van der Waals surface area contributed by atoms with E-state index < -0.39 is 0 Å². The van der Waals surface area contributed by atoms with E-state index in [2.05, 4.69) is 51.3 Å². The molecule has 126 valence electrons. The smallest absolute Gasteiger partial charge is 0.264 e.